The van der Waals surface area contributed by atoms with E-state index in [2.05, 4.69) is 20.2 Å². The van der Waals surface area contributed by atoms with Gasteiger partial charge in [0.15, 0.2) is 11.5 Å². The summed E-state index contributed by atoms with van der Waals surface area (Å²) in [4.78, 5) is 23.4. The third-order valence-electron chi connectivity index (χ3n) is 4.14. The van der Waals surface area contributed by atoms with Crippen molar-refractivity contribution in [3.8, 4) is 0 Å². The van der Waals surface area contributed by atoms with Crippen LogP contribution >= 0.6 is 11.6 Å². The number of carbonyl (C=O) groups is 1. The van der Waals surface area contributed by atoms with Gasteiger partial charge in [-0.25, -0.2) is 14.8 Å². The van der Waals surface area contributed by atoms with E-state index in [-0.39, 0.29) is 0 Å². The second kappa shape index (κ2) is 5.45. The summed E-state index contributed by atoms with van der Waals surface area (Å²) in [5.74, 6) is 1.37. The second-order valence-corrected chi connectivity index (χ2v) is 6.03. The summed E-state index contributed by atoms with van der Waals surface area (Å²) in [6.45, 7) is 3.77. The van der Waals surface area contributed by atoms with Gasteiger partial charge in [-0.2, -0.15) is 0 Å². The molecule has 1 fully saturated rings. The summed E-state index contributed by atoms with van der Waals surface area (Å²) in [6, 6.07) is 1.78. The van der Waals surface area contributed by atoms with Crippen molar-refractivity contribution in [3.05, 3.63) is 23.1 Å². The molecule has 1 saturated heterocycles. The topological polar surface area (TPSA) is 99.8 Å². The smallest absolute Gasteiger partial charge is 0.407 e. The molecular formula is C14H14ClN7O2. The van der Waals surface area contributed by atoms with E-state index >= 15 is 0 Å². The van der Waals surface area contributed by atoms with Crippen molar-refractivity contribution in [1.29, 1.82) is 0 Å². The highest BCUT2D eigenvalue weighted by Crippen LogP contribution is 2.25. The lowest BCUT2D eigenvalue weighted by atomic mass is 10.3. The van der Waals surface area contributed by atoms with Crippen molar-refractivity contribution in [3.63, 3.8) is 0 Å². The molecule has 0 aromatic carbocycles. The van der Waals surface area contributed by atoms with Crippen LogP contribution in [0.1, 0.15) is 5.82 Å². The second-order valence-electron chi connectivity index (χ2n) is 5.59. The Labute approximate surface area is 141 Å². The molecule has 10 heteroatoms. The molecular weight excluding hydrogens is 334 g/mol. The molecule has 9 nitrogen and oxygen atoms in total. The minimum absolute atomic E-state index is 0.419. The fourth-order valence-electron chi connectivity index (χ4n) is 2.94. The summed E-state index contributed by atoms with van der Waals surface area (Å²) in [6.07, 6.45) is 0.648. The molecule has 1 N–H and O–H groups in total. The zero-order chi connectivity index (χ0) is 16.8. The van der Waals surface area contributed by atoms with Crippen molar-refractivity contribution in [1.82, 2.24) is 29.5 Å². The third-order valence-corrected chi connectivity index (χ3v) is 4.35. The molecule has 124 valence electrons. The fourth-order valence-corrected chi connectivity index (χ4v) is 3.09. The fraction of sp³-hybridized carbons (Fsp3) is 0.357. The summed E-state index contributed by atoms with van der Waals surface area (Å²) < 4.78 is 1.88. The Morgan fingerprint density at radius 1 is 1.25 bits per heavy atom. The number of fused-ring (bicyclic) bond motifs is 3. The SMILES string of the molecule is Cc1nnc2c(N3CCN(C(=O)O)CC3)nc3ncc(Cl)cc3n12. The molecule has 0 aliphatic carbocycles. The van der Waals surface area contributed by atoms with Gasteiger partial charge >= 0.3 is 6.09 Å². The van der Waals surface area contributed by atoms with Gasteiger partial charge in [0.25, 0.3) is 0 Å². The first-order valence-corrected chi connectivity index (χ1v) is 7.82. The van der Waals surface area contributed by atoms with Gasteiger partial charge in [-0.1, -0.05) is 11.6 Å². The predicted molar refractivity (Wildman–Crippen MR) is 87.6 cm³/mol. The molecule has 4 heterocycles. The molecule has 3 aromatic heterocycles. The van der Waals surface area contributed by atoms with E-state index in [4.69, 9.17) is 16.7 Å². The number of nitrogens with zero attached hydrogens (tertiary/aromatic N) is 7. The molecule has 3 aromatic rings. The molecule has 4 rings (SSSR count). The zero-order valence-corrected chi connectivity index (χ0v) is 13.6. The number of piperazine rings is 1. The van der Waals surface area contributed by atoms with Crippen LogP contribution in [-0.2, 0) is 0 Å². The van der Waals surface area contributed by atoms with Gasteiger partial charge in [0, 0.05) is 32.4 Å². The number of halogens is 1. The minimum Gasteiger partial charge on any atom is -0.465 e. The number of hydrogen-bond donors (Lipinski definition) is 1. The van der Waals surface area contributed by atoms with Gasteiger partial charge in [-0.15, -0.1) is 10.2 Å². The largest absolute Gasteiger partial charge is 0.465 e. The lowest BCUT2D eigenvalue weighted by Crippen LogP contribution is -2.48. The Bertz CT molecular complexity index is 949. The maximum atomic E-state index is 11.1. The molecule has 0 saturated carbocycles. The number of aromatic nitrogens is 5. The van der Waals surface area contributed by atoms with Gasteiger partial charge in [0.2, 0.25) is 5.65 Å². The lowest BCUT2D eigenvalue weighted by Gasteiger charge is -2.33. The van der Waals surface area contributed by atoms with Crippen LogP contribution < -0.4 is 4.90 Å². The van der Waals surface area contributed by atoms with Crippen LogP contribution in [0.4, 0.5) is 10.6 Å². The van der Waals surface area contributed by atoms with E-state index in [0.29, 0.717) is 54.1 Å². The van der Waals surface area contributed by atoms with Gasteiger partial charge in [0.05, 0.1) is 10.5 Å². The van der Waals surface area contributed by atoms with Crippen LogP contribution in [0, 0.1) is 6.92 Å². The first-order chi connectivity index (χ1) is 11.5. The molecule has 0 radical (unpaired) electrons. The van der Waals surface area contributed by atoms with E-state index in [1.165, 1.54) is 4.90 Å². The molecule has 24 heavy (non-hydrogen) atoms. The minimum atomic E-state index is -0.902. The quantitative estimate of drug-likeness (QED) is 0.710. The first kappa shape index (κ1) is 14.9. The van der Waals surface area contributed by atoms with Crippen molar-refractivity contribution >= 4 is 40.3 Å². The molecule has 1 aliphatic rings. The highest BCUT2D eigenvalue weighted by molar-refractivity contribution is 6.31. The Balaban J connectivity index is 1.83. The lowest BCUT2D eigenvalue weighted by molar-refractivity contribution is 0.142. The molecule has 0 bridgehead atoms. The standard InChI is InChI=1S/C14H14ClN7O2/c1-8-18-19-13-12(20-2-4-21(5-3-20)14(23)24)17-11-10(22(8)13)6-9(15)7-16-11/h6-7H,2-5H2,1H3,(H,23,24). The van der Waals surface area contributed by atoms with Gasteiger partial charge in [-0.05, 0) is 13.0 Å². The normalized spacial score (nSPS) is 15.4. The Morgan fingerprint density at radius 2 is 2.00 bits per heavy atom. The van der Waals surface area contributed by atoms with Crippen LogP contribution in [0.5, 0.6) is 0 Å². The Morgan fingerprint density at radius 3 is 2.71 bits per heavy atom. The van der Waals surface area contributed by atoms with E-state index in [1.807, 2.05) is 16.2 Å². The maximum absolute atomic E-state index is 11.1. The van der Waals surface area contributed by atoms with Crippen molar-refractivity contribution in [2.24, 2.45) is 0 Å². The van der Waals surface area contributed by atoms with Gasteiger partial charge in [-0.3, -0.25) is 4.40 Å². The number of carboxylic acid groups (broad SMARTS) is 1. The number of aryl methyl sites for hydroxylation is 1. The van der Waals surface area contributed by atoms with Crippen molar-refractivity contribution in [2.45, 2.75) is 6.92 Å². The number of amides is 1. The monoisotopic (exact) mass is 347 g/mol. The zero-order valence-electron chi connectivity index (χ0n) is 12.8. The molecule has 0 atom stereocenters. The number of hydrogen-bond acceptors (Lipinski definition) is 6. The van der Waals surface area contributed by atoms with E-state index < -0.39 is 6.09 Å². The Hall–Kier alpha value is -2.68. The first-order valence-electron chi connectivity index (χ1n) is 7.44. The van der Waals surface area contributed by atoms with E-state index in [0.717, 1.165) is 5.52 Å². The summed E-state index contributed by atoms with van der Waals surface area (Å²) in [7, 11) is 0. The third kappa shape index (κ3) is 2.28. The average Bonchev–Trinajstić information content (AvgIpc) is 2.97. The summed E-state index contributed by atoms with van der Waals surface area (Å²) >= 11 is 6.06. The molecule has 0 spiro atoms. The summed E-state index contributed by atoms with van der Waals surface area (Å²) in [5.41, 5.74) is 1.91. The van der Waals surface area contributed by atoms with Crippen LogP contribution in [-0.4, -0.2) is 66.8 Å². The number of pyridine rings is 1. The van der Waals surface area contributed by atoms with Gasteiger partial charge in [0.1, 0.15) is 5.82 Å². The molecule has 1 amide bonds. The van der Waals surface area contributed by atoms with Crippen LogP contribution in [0.3, 0.4) is 0 Å². The molecule has 0 unspecified atom stereocenters. The maximum Gasteiger partial charge on any atom is 0.407 e. The highest BCUT2D eigenvalue weighted by atomic mass is 35.5. The Kier molecular flexibility index (Phi) is 3.38. The predicted octanol–water partition coefficient (Wildman–Crippen LogP) is 1.43. The molecule has 1 aliphatic heterocycles. The summed E-state index contributed by atoms with van der Waals surface area (Å²) in [5, 5.41) is 18.0. The van der Waals surface area contributed by atoms with E-state index in [9.17, 15) is 4.79 Å². The van der Waals surface area contributed by atoms with Gasteiger partial charge < -0.3 is 14.9 Å². The number of rotatable bonds is 1. The average molecular weight is 348 g/mol. The number of anilines is 1. The van der Waals surface area contributed by atoms with Crippen LogP contribution in [0.2, 0.25) is 5.02 Å². The van der Waals surface area contributed by atoms with Crippen LogP contribution in [0.25, 0.3) is 16.8 Å². The van der Waals surface area contributed by atoms with Crippen LogP contribution in [0.15, 0.2) is 12.3 Å². The van der Waals surface area contributed by atoms with E-state index in [1.54, 1.807) is 12.3 Å². The highest BCUT2D eigenvalue weighted by Gasteiger charge is 2.25. The van der Waals surface area contributed by atoms with Crippen molar-refractivity contribution in [2.75, 3.05) is 31.1 Å². The van der Waals surface area contributed by atoms with Crippen molar-refractivity contribution < 1.29 is 9.90 Å².